The van der Waals surface area contributed by atoms with Crippen molar-refractivity contribution in [2.24, 2.45) is 0 Å². The van der Waals surface area contributed by atoms with E-state index in [0.29, 0.717) is 24.7 Å². The molecule has 3 rings (SSSR count). The highest BCUT2D eigenvalue weighted by Crippen LogP contribution is 2.36. The van der Waals surface area contributed by atoms with Gasteiger partial charge in [0.25, 0.3) is 0 Å². The fourth-order valence-electron chi connectivity index (χ4n) is 3.12. The van der Waals surface area contributed by atoms with Crippen LogP contribution in [0.1, 0.15) is 25.0 Å². The van der Waals surface area contributed by atoms with Crippen LogP contribution in [0.3, 0.4) is 0 Å². The van der Waals surface area contributed by atoms with Crippen LogP contribution in [0, 0.1) is 0 Å². The van der Waals surface area contributed by atoms with Gasteiger partial charge >= 0.3 is 0 Å². The number of benzene rings is 3. The summed E-state index contributed by atoms with van der Waals surface area (Å²) in [4.78, 5) is 0. The molecular formula is C22H22O2. The molecule has 0 unspecified atom stereocenters. The van der Waals surface area contributed by atoms with Crippen molar-refractivity contribution in [1.29, 1.82) is 0 Å². The predicted molar refractivity (Wildman–Crippen MR) is 103 cm³/mol. The molecule has 0 atom stereocenters. The van der Waals surface area contributed by atoms with Crippen LogP contribution in [-0.2, 0) is 9.47 Å². The van der Waals surface area contributed by atoms with E-state index >= 15 is 0 Å². The van der Waals surface area contributed by atoms with Crippen LogP contribution in [0.4, 0.5) is 0 Å². The molecule has 24 heavy (non-hydrogen) atoms. The van der Waals surface area contributed by atoms with Crippen molar-refractivity contribution in [2.75, 3.05) is 13.2 Å². The van der Waals surface area contributed by atoms with E-state index in [1.807, 2.05) is 26.0 Å². The summed E-state index contributed by atoms with van der Waals surface area (Å²) >= 11 is 0. The van der Waals surface area contributed by atoms with Gasteiger partial charge in [-0.15, -0.1) is 0 Å². The topological polar surface area (TPSA) is 18.5 Å². The normalized spacial score (nSPS) is 10.8. The molecule has 0 heterocycles. The lowest BCUT2D eigenvalue weighted by Crippen LogP contribution is -1.95. The first-order chi connectivity index (χ1) is 11.7. The van der Waals surface area contributed by atoms with Gasteiger partial charge in [-0.3, -0.25) is 0 Å². The standard InChI is InChI=1S/C22H22O2/c1-5-23-15(3)19-11-7-9-17-13-14-18-10-8-12-20(16(4)24-6-2)22(18)21(17)19/h7-14H,3-6H2,1-2H3. The van der Waals surface area contributed by atoms with Crippen molar-refractivity contribution in [3.63, 3.8) is 0 Å². The smallest absolute Gasteiger partial charge is 0.119 e. The van der Waals surface area contributed by atoms with Crippen LogP contribution in [-0.4, -0.2) is 13.2 Å². The molecule has 0 aliphatic heterocycles. The van der Waals surface area contributed by atoms with E-state index in [4.69, 9.17) is 9.47 Å². The zero-order valence-corrected chi connectivity index (χ0v) is 14.3. The molecule has 0 saturated heterocycles. The summed E-state index contributed by atoms with van der Waals surface area (Å²) in [5.74, 6) is 1.37. The number of ether oxygens (including phenoxy) is 2. The fraction of sp³-hybridized carbons (Fsp3) is 0.182. The van der Waals surface area contributed by atoms with Crippen molar-refractivity contribution < 1.29 is 9.47 Å². The van der Waals surface area contributed by atoms with Gasteiger partial charge in [-0.25, -0.2) is 0 Å². The average molecular weight is 318 g/mol. The molecule has 3 aromatic rings. The summed E-state index contributed by atoms with van der Waals surface area (Å²) in [5, 5.41) is 4.56. The predicted octanol–water partition coefficient (Wildman–Crippen LogP) is 6.01. The zero-order chi connectivity index (χ0) is 17.1. The molecule has 0 saturated carbocycles. The number of rotatable bonds is 6. The third-order valence-electron chi connectivity index (χ3n) is 4.12. The minimum absolute atomic E-state index is 0.596. The molecule has 3 aromatic carbocycles. The molecule has 2 heteroatoms. The average Bonchev–Trinajstić information content (AvgIpc) is 2.60. The first kappa shape index (κ1) is 16.1. The Morgan fingerprint density at radius 3 is 1.50 bits per heavy atom. The fourth-order valence-corrected chi connectivity index (χ4v) is 3.12. The highest BCUT2D eigenvalue weighted by molar-refractivity contribution is 6.15. The lowest BCUT2D eigenvalue weighted by atomic mass is 9.93. The quantitative estimate of drug-likeness (QED) is 0.409. The van der Waals surface area contributed by atoms with E-state index < -0.39 is 0 Å². The second-order valence-corrected chi connectivity index (χ2v) is 5.59. The van der Waals surface area contributed by atoms with Gasteiger partial charge in [-0.05, 0) is 24.6 Å². The highest BCUT2D eigenvalue weighted by Gasteiger charge is 2.14. The van der Waals surface area contributed by atoms with Crippen LogP contribution >= 0.6 is 0 Å². The summed E-state index contributed by atoms with van der Waals surface area (Å²) in [6.45, 7) is 13.3. The largest absolute Gasteiger partial charge is 0.494 e. The molecule has 0 N–H and O–H groups in total. The molecule has 0 amide bonds. The maximum absolute atomic E-state index is 5.68. The van der Waals surface area contributed by atoms with Crippen molar-refractivity contribution in [3.05, 3.63) is 72.8 Å². The van der Waals surface area contributed by atoms with Crippen LogP contribution in [0.15, 0.2) is 61.7 Å². The lowest BCUT2D eigenvalue weighted by molar-refractivity contribution is 0.299. The van der Waals surface area contributed by atoms with Gasteiger partial charge < -0.3 is 9.47 Å². The van der Waals surface area contributed by atoms with Crippen LogP contribution in [0.25, 0.3) is 33.1 Å². The van der Waals surface area contributed by atoms with Gasteiger partial charge in [0.2, 0.25) is 0 Å². The maximum Gasteiger partial charge on any atom is 0.119 e. The lowest BCUT2D eigenvalue weighted by Gasteiger charge is -2.16. The van der Waals surface area contributed by atoms with Gasteiger partial charge in [0.1, 0.15) is 11.5 Å². The van der Waals surface area contributed by atoms with Gasteiger partial charge in [-0.1, -0.05) is 61.7 Å². The Morgan fingerprint density at radius 2 is 1.12 bits per heavy atom. The van der Waals surface area contributed by atoms with E-state index in [0.717, 1.165) is 32.7 Å². The molecule has 0 bridgehead atoms. The van der Waals surface area contributed by atoms with Gasteiger partial charge in [0.15, 0.2) is 0 Å². The molecule has 0 radical (unpaired) electrons. The van der Waals surface area contributed by atoms with Gasteiger partial charge in [-0.2, -0.15) is 0 Å². The summed E-state index contributed by atoms with van der Waals surface area (Å²) in [6, 6.07) is 16.7. The Kier molecular flexibility index (Phi) is 4.57. The minimum Gasteiger partial charge on any atom is -0.494 e. The third kappa shape index (κ3) is 2.76. The van der Waals surface area contributed by atoms with Crippen molar-refractivity contribution >= 4 is 33.1 Å². The minimum atomic E-state index is 0.596. The molecule has 122 valence electrons. The van der Waals surface area contributed by atoms with Crippen molar-refractivity contribution in [3.8, 4) is 0 Å². The van der Waals surface area contributed by atoms with Gasteiger partial charge in [0, 0.05) is 21.9 Å². The SMILES string of the molecule is C=C(OCC)c1cccc2ccc3cccc(C(=C)OCC)c3c12. The Bertz CT molecular complexity index is 845. The Labute approximate surface area is 143 Å². The molecule has 0 aromatic heterocycles. The molecule has 2 nitrogen and oxygen atoms in total. The molecule has 0 fully saturated rings. The first-order valence-electron chi connectivity index (χ1n) is 8.26. The number of hydrogen-bond donors (Lipinski definition) is 0. The zero-order valence-electron chi connectivity index (χ0n) is 14.3. The van der Waals surface area contributed by atoms with E-state index in [-0.39, 0.29) is 0 Å². The van der Waals surface area contributed by atoms with E-state index in [1.54, 1.807) is 0 Å². The van der Waals surface area contributed by atoms with E-state index in [9.17, 15) is 0 Å². The molecular weight excluding hydrogens is 296 g/mol. The first-order valence-corrected chi connectivity index (χ1v) is 8.26. The van der Waals surface area contributed by atoms with Crippen LogP contribution < -0.4 is 0 Å². The monoisotopic (exact) mass is 318 g/mol. The van der Waals surface area contributed by atoms with Gasteiger partial charge in [0.05, 0.1) is 13.2 Å². The summed E-state index contributed by atoms with van der Waals surface area (Å²) in [6.07, 6.45) is 0. The van der Waals surface area contributed by atoms with E-state index in [1.165, 1.54) is 0 Å². The van der Waals surface area contributed by atoms with Crippen LogP contribution in [0.2, 0.25) is 0 Å². The Balaban J connectivity index is 2.39. The second kappa shape index (κ2) is 6.79. The highest BCUT2D eigenvalue weighted by atomic mass is 16.5. The third-order valence-corrected chi connectivity index (χ3v) is 4.12. The summed E-state index contributed by atoms with van der Waals surface area (Å²) in [7, 11) is 0. The van der Waals surface area contributed by atoms with Crippen molar-refractivity contribution in [1.82, 2.24) is 0 Å². The van der Waals surface area contributed by atoms with Crippen molar-refractivity contribution in [2.45, 2.75) is 13.8 Å². The van der Waals surface area contributed by atoms with Crippen LogP contribution in [0.5, 0.6) is 0 Å². The molecule has 0 aliphatic rings. The van der Waals surface area contributed by atoms with E-state index in [2.05, 4.69) is 49.6 Å². The second-order valence-electron chi connectivity index (χ2n) is 5.59. The number of fused-ring (bicyclic) bond motifs is 3. The number of hydrogen-bond acceptors (Lipinski definition) is 2. The summed E-state index contributed by atoms with van der Waals surface area (Å²) in [5.41, 5.74) is 2.02. The Morgan fingerprint density at radius 1 is 0.708 bits per heavy atom. The molecule has 0 spiro atoms. The Hall–Kier alpha value is -2.74. The maximum atomic E-state index is 5.68. The summed E-state index contributed by atoms with van der Waals surface area (Å²) < 4.78 is 11.4. The molecule has 0 aliphatic carbocycles.